The Morgan fingerprint density at radius 2 is 2.35 bits per heavy atom. The number of likely N-dealkylation sites (tertiary alicyclic amines) is 1. The number of aryl methyl sites for hydroxylation is 1. The number of nitrogens with one attached hydrogen (secondary N) is 1. The second kappa shape index (κ2) is 5.65. The summed E-state index contributed by atoms with van der Waals surface area (Å²) in [6, 6.07) is 0.362. The van der Waals surface area contributed by atoms with Crippen molar-refractivity contribution in [3.8, 4) is 0 Å². The first-order valence-electron chi connectivity index (χ1n) is 6.22. The molecule has 1 aliphatic rings. The predicted octanol–water partition coefficient (Wildman–Crippen LogP) is 2.27. The zero-order chi connectivity index (χ0) is 12.3. The first-order chi connectivity index (χ1) is 8.24. The van der Waals surface area contributed by atoms with Crippen molar-refractivity contribution in [1.29, 1.82) is 0 Å². The lowest BCUT2D eigenvalue weighted by Gasteiger charge is -2.35. The van der Waals surface area contributed by atoms with Crippen LogP contribution >= 0.6 is 11.3 Å². The van der Waals surface area contributed by atoms with Gasteiger partial charge in [-0.2, -0.15) is 11.3 Å². The summed E-state index contributed by atoms with van der Waals surface area (Å²) in [6.07, 6.45) is 3.49. The Morgan fingerprint density at radius 1 is 1.53 bits per heavy atom. The van der Waals surface area contributed by atoms with Gasteiger partial charge in [0.15, 0.2) is 0 Å². The summed E-state index contributed by atoms with van der Waals surface area (Å²) in [4.78, 5) is 14.5. The Balaban J connectivity index is 2.14. The molecule has 1 aromatic rings. The van der Waals surface area contributed by atoms with Gasteiger partial charge in [0.1, 0.15) is 0 Å². The first kappa shape index (κ1) is 12.6. The van der Waals surface area contributed by atoms with Crippen LogP contribution in [0.25, 0.3) is 0 Å². The third-order valence-corrected chi connectivity index (χ3v) is 4.28. The Labute approximate surface area is 107 Å². The van der Waals surface area contributed by atoms with E-state index in [1.165, 1.54) is 6.42 Å². The third kappa shape index (κ3) is 2.69. The fraction of sp³-hybridized carbons (Fsp3) is 0.615. The van der Waals surface area contributed by atoms with E-state index in [1.807, 2.05) is 24.7 Å². The monoisotopic (exact) mass is 252 g/mol. The molecule has 1 atom stereocenters. The molecule has 3 nitrogen and oxygen atoms in total. The number of amides is 1. The van der Waals surface area contributed by atoms with Crippen LogP contribution in [0, 0.1) is 6.92 Å². The van der Waals surface area contributed by atoms with Gasteiger partial charge in [0.25, 0.3) is 5.91 Å². The molecule has 0 aromatic carbocycles. The lowest BCUT2D eigenvalue weighted by Crippen LogP contribution is -2.48. The van der Waals surface area contributed by atoms with Gasteiger partial charge in [0.05, 0.1) is 5.56 Å². The molecule has 0 aliphatic carbocycles. The predicted molar refractivity (Wildman–Crippen MR) is 71.7 cm³/mol. The molecular formula is C13H20N2OS. The Hall–Kier alpha value is -0.870. The molecule has 1 aromatic heterocycles. The summed E-state index contributed by atoms with van der Waals surface area (Å²) >= 11 is 1.61. The van der Waals surface area contributed by atoms with Crippen molar-refractivity contribution in [1.82, 2.24) is 10.2 Å². The number of likely N-dealkylation sites (N-methyl/N-ethyl adjacent to an activating group) is 1. The fourth-order valence-corrected chi connectivity index (χ4v) is 3.27. The molecule has 1 unspecified atom stereocenters. The average Bonchev–Trinajstić information content (AvgIpc) is 2.76. The van der Waals surface area contributed by atoms with Crippen LogP contribution in [0.3, 0.4) is 0 Å². The maximum absolute atomic E-state index is 12.5. The van der Waals surface area contributed by atoms with Crippen molar-refractivity contribution >= 4 is 17.2 Å². The number of piperidine rings is 1. The maximum Gasteiger partial charge on any atom is 0.255 e. The summed E-state index contributed by atoms with van der Waals surface area (Å²) in [5, 5.41) is 7.21. The minimum Gasteiger partial charge on any atom is -0.334 e. The molecule has 17 heavy (non-hydrogen) atoms. The number of nitrogens with zero attached hydrogens (tertiary/aromatic N) is 1. The molecule has 1 saturated heterocycles. The van der Waals surface area contributed by atoms with Crippen LogP contribution in [-0.2, 0) is 0 Å². The van der Waals surface area contributed by atoms with Crippen molar-refractivity contribution < 1.29 is 4.79 Å². The molecule has 0 saturated carbocycles. The van der Waals surface area contributed by atoms with Gasteiger partial charge in [-0.05, 0) is 44.2 Å². The molecule has 2 rings (SSSR count). The van der Waals surface area contributed by atoms with Gasteiger partial charge in [0, 0.05) is 24.5 Å². The standard InChI is InChI=1S/C13H20N2OS/c1-10-8-17-9-12(10)13(16)15-6-4-3-5-11(15)7-14-2/h8-9,11,14H,3-7H2,1-2H3. The van der Waals surface area contributed by atoms with E-state index in [0.717, 1.165) is 37.1 Å². The van der Waals surface area contributed by atoms with Gasteiger partial charge in [-0.3, -0.25) is 4.79 Å². The van der Waals surface area contributed by atoms with Gasteiger partial charge in [-0.15, -0.1) is 0 Å². The van der Waals surface area contributed by atoms with Crippen molar-refractivity contribution in [2.75, 3.05) is 20.1 Å². The van der Waals surface area contributed by atoms with Crippen molar-refractivity contribution in [2.24, 2.45) is 0 Å². The Kier molecular flexibility index (Phi) is 4.18. The van der Waals surface area contributed by atoms with Crippen LogP contribution in [-0.4, -0.2) is 37.0 Å². The zero-order valence-corrected chi connectivity index (χ0v) is 11.3. The SMILES string of the molecule is CNCC1CCCCN1C(=O)c1cscc1C. The van der Waals surface area contributed by atoms with Crippen LogP contribution in [0.15, 0.2) is 10.8 Å². The van der Waals surface area contributed by atoms with Crippen LogP contribution in [0.4, 0.5) is 0 Å². The topological polar surface area (TPSA) is 32.3 Å². The summed E-state index contributed by atoms with van der Waals surface area (Å²) in [5.41, 5.74) is 1.99. The minimum absolute atomic E-state index is 0.212. The number of hydrogen-bond donors (Lipinski definition) is 1. The van der Waals surface area contributed by atoms with Crippen molar-refractivity contribution in [2.45, 2.75) is 32.2 Å². The van der Waals surface area contributed by atoms with Crippen molar-refractivity contribution in [3.05, 3.63) is 21.9 Å². The highest BCUT2D eigenvalue weighted by atomic mass is 32.1. The summed E-state index contributed by atoms with van der Waals surface area (Å²) < 4.78 is 0. The van der Waals surface area contributed by atoms with Crippen LogP contribution in [0.2, 0.25) is 0 Å². The molecule has 94 valence electrons. The Morgan fingerprint density at radius 3 is 3.00 bits per heavy atom. The third-order valence-electron chi connectivity index (χ3n) is 3.41. The van der Waals surface area contributed by atoms with Crippen LogP contribution in [0.5, 0.6) is 0 Å². The number of thiophene rings is 1. The first-order valence-corrected chi connectivity index (χ1v) is 7.16. The van der Waals surface area contributed by atoms with Gasteiger partial charge in [0.2, 0.25) is 0 Å². The molecule has 0 bridgehead atoms. The molecule has 1 N–H and O–H groups in total. The number of rotatable bonds is 3. The van der Waals surface area contributed by atoms with Crippen LogP contribution < -0.4 is 5.32 Å². The highest BCUT2D eigenvalue weighted by molar-refractivity contribution is 7.08. The number of carbonyl (C=O) groups is 1. The highest BCUT2D eigenvalue weighted by Crippen LogP contribution is 2.22. The van der Waals surface area contributed by atoms with Gasteiger partial charge in [-0.1, -0.05) is 0 Å². The molecule has 2 heterocycles. The smallest absolute Gasteiger partial charge is 0.255 e. The van der Waals surface area contributed by atoms with E-state index in [1.54, 1.807) is 11.3 Å². The van der Waals surface area contributed by atoms with E-state index in [2.05, 4.69) is 10.2 Å². The largest absolute Gasteiger partial charge is 0.334 e. The number of hydrogen-bond acceptors (Lipinski definition) is 3. The molecule has 1 aliphatic heterocycles. The molecule has 4 heteroatoms. The average molecular weight is 252 g/mol. The lowest BCUT2D eigenvalue weighted by molar-refractivity contribution is 0.0615. The lowest BCUT2D eigenvalue weighted by atomic mass is 10.0. The number of carbonyl (C=O) groups excluding carboxylic acids is 1. The highest BCUT2D eigenvalue weighted by Gasteiger charge is 2.27. The second-order valence-corrected chi connectivity index (χ2v) is 5.42. The minimum atomic E-state index is 0.212. The van der Waals surface area contributed by atoms with E-state index in [-0.39, 0.29) is 5.91 Å². The quantitative estimate of drug-likeness (QED) is 0.895. The summed E-state index contributed by atoms with van der Waals surface area (Å²) in [7, 11) is 1.95. The molecule has 1 fully saturated rings. The summed E-state index contributed by atoms with van der Waals surface area (Å²) in [6.45, 7) is 3.82. The van der Waals surface area contributed by atoms with Gasteiger partial charge in [-0.25, -0.2) is 0 Å². The normalized spacial score (nSPS) is 20.6. The second-order valence-electron chi connectivity index (χ2n) is 4.67. The maximum atomic E-state index is 12.5. The van der Waals surface area contributed by atoms with Crippen molar-refractivity contribution in [3.63, 3.8) is 0 Å². The van der Waals surface area contributed by atoms with E-state index < -0.39 is 0 Å². The molecular weight excluding hydrogens is 232 g/mol. The zero-order valence-electron chi connectivity index (χ0n) is 10.5. The van der Waals surface area contributed by atoms with E-state index in [0.29, 0.717) is 6.04 Å². The van der Waals surface area contributed by atoms with E-state index in [9.17, 15) is 4.79 Å². The summed E-state index contributed by atoms with van der Waals surface area (Å²) in [5.74, 6) is 0.212. The van der Waals surface area contributed by atoms with Crippen LogP contribution in [0.1, 0.15) is 35.2 Å². The van der Waals surface area contributed by atoms with Gasteiger partial charge >= 0.3 is 0 Å². The van der Waals surface area contributed by atoms with E-state index >= 15 is 0 Å². The molecule has 0 radical (unpaired) electrons. The Bertz CT molecular complexity index is 387. The molecule has 1 amide bonds. The molecule has 0 spiro atoms. The fourth-order valence-electron chi connectivity index (χ4n) is 2.45. The van der Waals surface area contributed by atoms with E-state index in [4.69, 9.17) is 0 Å². The van der Waals surface area contributed by atoms with Gasteiger partial charge < -0.3 is 10.2 Å².